The van der Waals surface area contributed by atoms with Crippen LogP contribution in [0, 0.1) is 0 Å². The molecule has 0 fully saturated rings. The predicted molar refractivity (Wildman–Crippen MR) is 67.5 cm³/mol. The largest absolute Gasteiger partial charge is 0.476 e. The quantitative estimate of drug-likeness (QED) is 0.854. The first-order valence-electron chi connectivity index (χ1n) is 6.00. The molecule has 0 aromatic carbocycles. The number of rotatable bonds is 6. The van der Waals surface area contributed by atoms with Gasteiger partial charge >= 0.3 is 5.97 Å². The lowest BCUT2D eigenvalue weighted by molar-refractivity contribution is 0.0685. The molecule has 2 heterocycles. The van der Waals surface area contributed by atoms with Crippen molar-refractivity contribution in [1.82, 2.24) is 15.0 Å². The van der Waals surface area contributed by atoms with Crippen molar-refractivity contribution >= 4 is 5.97 Å². The van der Waals surface area contributed by atoms with Crippen LogP contribution in [0.4, 0.5) is 0 Å². The summed E-state index contributed by atoms with van der Waals surface area (Å²) >= 11 is 0. The fourth-order valence-corrected chi connectivity index (χ4v) is 1.71. The van der Waals surface area contributed by atoms with Crippen molar-refractivity contribution in [2.45, 2.75) is 20.0 Å². The zero-order chi connectivity index (χ0) is 13.7. The molecule has 0 radical (unpaired) electrons. The lowest BCUT2D eigenvalue weighted by atomic mass is 10.3. The number of carbonyl (C=O) groups is 1. The SMILES string of the molecule is CCN(Cc1ccccn1)Cc1cc(C(=O)O)no1. The first-order valence-corrected chi connectivity index (χ1v) is 6.00. The van der Waals surface area contributed by atoms with Gasteiger partial charge in [0.2, 0.25) is 0 Å². The van der Waals surface area contributed by atoms with Crippen molar-refractivity contribution in [3.63, 3.8) is 0 Å². The highest BCUT2D eigenvalue weighted by Crippen LogP contribution is 2.10. The second-order valence-electron chi connectivity index (χ2n) is 4.11. The lowest BCUT2D eigenvalue weighted by Crippen LogP contribution is -2.22. The molecule has 0 aliphatic rings. The van der Waals surface area contributed by atoms with Crippen molar-refractivity contribution in [3.05, 3.63) is 47.6 Å². The zero-order valence-electron chi connectivity index (χ0n) is 10.6. The lowest BCUT2D eigenvalue weighted by Gasteiger charge is -2.17. The Morgan fingerprint density at radius 3 is 2.84 bits per heavy atom. The monoisotopic (exact) mass is 261 g/mol. The molecule has 0 atom stereocenters. The van der Waals surface area contributed by atoms with E-state index < -0.39 is 5.97 Å². The van der Waals surface area contributed by atoms with Gasteiger partial charge in [-0.05, 0) is 18.7 Å². The molecular formula is C13H15N3O3. The zero-order valence-corrected chi connectivity index (χ0v) is 10.6. The van der Waals surface area contributed by atoms with Gasteiger partial charge in [0.1, 0.15) is 0 Å². The number of carboxylic acid groups (broad SMARTS) is 1. The Morgan fingerprint density at radius 2 is 2.26 bits per heavy atom. The molecule has 0 aliphatic heterocycles. The summed E-state index contributed by atoms with van der Waals surface area (Å²) in [6.07, 6.45) is 1.75. The second kappa shape index (κ2) is 6.10. The van der Waals surface area contributed by atoms with Gasteiger partial charge in [0, 0.05) is 18.8 Å². The minimum atomic E-state index is -1.08. The Bertz CT molecular complexity index is 539. The van der Waals surface area contributed by atoms with Crippen LogP contribution in [-0.2, 0) is 13.1 Å². The fourth-order valence-electron chi connectivity index (χ4n) is 1.71. The molecule has 19 heavy (non-hydrogen) atoms. The molecule has 6 heteroatoms. The number of nitrogens with zero attached hydrogens (tertiary/aromatic N) is 3. The van der Waals surface area contributed by atoms with Crippen molar-refractivity contribution in [2.75, 3.05) is 6.54 Å². The first-order chi connectivity index (χ1) is 9.19. The third-order valence-corrected chi connectivity index (χ3v) is 2.72. The van der Waals surface area contributed by atoms with E-state index in [4.69, 9.17) is 9.63 Å². The number of aromatic carboxylic acids is 1. The van der Waals surface area contributed by atoms with Crippen LogP contribution in [0.5, 0.6) is 0 Å². The third kappa shape index (κ3) is 3.62. The number of hydrogen-bond acceptors (Lipinski definition) is 5. The normalized spacial score (nSPS) is 10.8. The molecule has 1 N–H and O–H groups in total. The molecule has 0 saturated heterocycles. The van der Waals surface area contributed by atoms with E-state index in [1.54, 1.807) is 6.20 Å². The summed E-state index contributed by atoms with van der Waals surface area (Å²) in [7, 11) is 0. The first kappa shape index (κ1) is 13.2. The maximum Gasteiger partial charge on any atom is 0.358 e. The van der Waals surface area contributed by atoms with Crippen LogP contribution in [0.15, 0.2) is 35.0 Å². The minimum Gasteiger partial charge on any atom is -0.476 e. The molecule has 6 nitrogen and oxygen atoms in total. The van der Waals surface area contributed by atoms with E-state index in [9.17, 15) is 4.79 Å². The van der Waals surface area contributed by atoms with Crippen LogP contribution < -0.4 is 0 Å². The third-order valence-electron chi connectivity index (χ3n) is 2.72. The number of pyridine rings is 1. The smallest absolute Gasteiger partial charge is 0.358 e. The summed E-state index contributed by atoms with van der Waals surface area (Å²) in [6, 6.07) is 7.21. The van der Waals surface area contributed by atoms with Crippen LogP contribution in [0.1, 0.15) is 28.9 Å². The highest BCUT2D eigenvalue weighted by Gasteiger charge is 2.13. The molecule has 0 amide bonds. The van der Waals surface area contributed by atoms with Crippen molar-refractivity contribution in [1.29, 1.82) is 0 Å². The van der Waals surface area contributed by atoms with E-state index in [-0.39, 0.29) is 5.69 Å². The Balaban J connectivity index is 2.00. The van der Waals surface area contributed by atoms with Crippen LogP contribution in [-0.4, -0.2) is 32.7 Å². The van der Waals surface area contributed by atoms with Gasteiger partial charge in [0.15, 0.2) is 11.5 Å². The van der Waals surface area contributed by atoms with E-state index in [1.165, 1.54) is 6.07 Å². The Hall–Kier alpha value is -2.21. The van der Waals surface area contributed by atoms with Gasteiger partial charge in [-0.15, -0.1) is 0 Å². The van der Waals surface area contributed by atoms with Crippen LogP contribution in [0.3, 0.4) is 0 Å². The molecule has 0 bridgehead atoms. The van der Waals surface area contributed by atoms with Gasteiger partial charge in [-0.2, -0.15) is 0 Å². The second-order valence-corrected chi connectivity index (χ2v) is 4.11. The van der Waals surface area contributed by atoms with E-state index >= 15 is 0 Å². The number of aromatic nitrogens is 2. The summed E-state index contributed by atoms with van der Waals surface area (Å²) in [5.41, 5.74) is 0.895. The highest BCUT2D eigenvalue weighted by atomic mass is 16.5. The maximum atomic E-state index is 10.7. The van der Waals surface area contributed by atoms with Crippen LogP contribution >= 0.6 is 0 Å². The van der Waals surface area contributed by atoms with Crippen molar-refractivity contribution < 1.29 is 14.4 Å². The molecule has 2 aromatic rings. The predicted octanol–water partition coefficient (Wildman–Crippen LogP) is 1.79. The van der Waals surface area contributed by atoms with Gasteiger partial charge in [-0.3, -0.25) is 9.88 Å². The molecule has 0 spiro atoms. The van der Waals surface area contributed by atoms with E-state index in [0.29, 0.717) is 18.8 Å². The molecule has 2 aromatic heterocycles. The summed E-state index contributed by atoms with van der Waals surface area (Å²) < 4.78 is 5.00. The molecule has 0 saturated carbocycles. The van der Waals surface area contributed by atoms with Gasteiger partial charge in [-0.25, -0.2) is 4.79 Å². The number of carboxylic acids is 1. The average molecular weight is 261 g/mol. The minimum absolute atomic E-state index is 0.0658. The molecule has 0 unspecified atom stereocenters. The molecule has 2 rings (SSSR count). The summed E-state index contributed by atoms with van der Waals surface area (Å²) in [5.74, 6) is -0.544. The molecular weight excluding hydrogens is 246 g/mol. The summed E-state index contributed by atoms with van der Waals surface area (Å²) in [4.78, 5) is 17.1. The summed E-state index contributed by atoms with van der Waals surface area (Å²) in [6.45, 7) is 4.02. The van der Waals surface area contributed by atoms with Crippen LogP contribution in [0.25, 0.3) is 0 Å². The standard InChI is InChI=1S/C13H15N3O3/c1-2-16(8-10-5-3-4-6-14-10)9-11-7-12(13(17)18)15-19-11/h3-7H,2,8-9H2,1H3,(H,17,18). The van der Waals surface area contributed by atoms with E-state index in [2.05, 4.69) is 15.0 Å². The topological polar surface area (TPSA) is 79.5 Å². The highest BCUT2D eigenvalue weighted by molar-refractivity contribution is 5.85. The Morgan fingerprint density at radius 1 is 1.42 bits per heavy atom. The van der Waals surface area contributed by atoms with Gasteiger partial charge in [0.05, 0.1) is 12.2 Å². The molecule has 100 valence electrons. The maximum absolute atomic E-state index is 10.7. The van der Waals surface area contributed by atoms with E-state index in [1.807, 2.05) is 25.1 Å². The fraction of sp³-hybridized carbons (Fsp3) is 0.308. The molecule has 0 aliphatic carbocycles. The average Bonchev–Trinajstić information content (AvgIpc) is 2.88. The van der Waals surface area contributed by atoms with E-state index in [0.717, 1.165) is 12.2 Å². The Kier molecular flexibility index (Phi) is 4.25. The van der Waals surface area contributed by atoms with Crippen LogP contribution in [0.2, 0.25) is 0 Å². The van der Waals surface area contributed by atoms with Crippen molar-refractivity contribution in [3.8, 4) is 0 Å². The van der Waals surface area contributed by atoms with Crippen molar-refractivity contribution in [2.24, 2.45) is 0 Å². The summed E-state index contributed by atoms with van der Waals surface area (Å²) in [5, 5.41) is 12.3. The number of hydrogen-bond donors (Lipinski definition) is 1. The Labute approximate surface area is 110 Å². The van der Waals surface area contributed by atoms with Gasteiger partial charge in [-0.1, -0.05) is 18.1 Å². The van der Waals surface area contributed by atoms with Gasteiger partial charge < -0.3 is 9.63 Å². The van der Waals surface area contributed by atoms with Gasteiger partial charge in [0.25, 0.3) is 0 Å².